The first kappa shape index (κ1) is 16.7. The first-order valence-electron chi connectivity index (χ1n) is 8.41. The summed E-state index contributed by atoms with van der Waals surface area (Å²) >= 11 is 1.70. The molecule has 3 heterocycles. The zero-order valence-corrected chi connectivity index (χ0v) is 14.7. The molecule has 0 radical (unpaired) electrons. The van der Waals surface area contributed by atoms with Crippen molar-refractivity contribution < 1.29 is 9.18 Å². The zero-order valence-electron chi connectivity index (χ0n) is 13.9. The third-order valence-electron chi connectivity index (χ3n) is 4.97. The molecular formula is C17H26FN3OS. The second-order valence-electron chi connectivity index (χ2n) is 7.24. The van der Waals surface area contributed by atoms with Crippen LogP contribution in [0, 0.1) is 5.41 Å². The number of thiophene rings is 1. The van der Waals surface area contributed by atoms with Gasteiger partial charge in [-0.3, -0.25) is 4.90 Å². The number of likely N-dealkylation sites (tertiary alicyclic amines) is 2. The van der Waals surface area contributed by atoms with Crippen LogP contribution >= 0.6 is 11.3 Å². The lowest BCUT2D eigenvalue weighted by Crippen LogP contribution is -2.56. The van der Waals surface area contributed by atoms with Crippen molar-refractivity contribution >= 4 is 17.4 Å². The molecule has 3 rings (SSSR count). The SMILES string of the molecule is CC(C)NC(=O)N1CC[C@@H](F)[C@@]2(CCN(Cc3ccsc3)C2)C1. The third-order valence-corrected chi connectivity index (χ3v) is 5.70. The highest BCUT2D eigenvalue weighted by Gasteiger charge is 2.49. The van der Waals surface area contributed by atoms with Gasteiger partial charge in [0.05, 0.1) is 0 Å². The lowest BCUT2D eigenvalue weighted by atomic mass is 9.77. The molecule has 2 amide bonds. The maximum Gasteiger partial charge on any atom is 0.317 e. The van der Waals surface area contributed by atoms with Gasteiger partial charge in [0.2, 0.25) is 0 Å². The monoisotopic (exact) mass is 339 g/mol. The molecule has 0 unspecified atom stereocenters. The average molecular weight is 339 g/mol. The van der Waals surface area contributed by atoms with Gasteiger partial charge in [0.15, 0.2) is 0 Å². The lowest BCUT2D eigenvalue weighted by Gasteiger charge is -2.43. The molecule has 0 bridgehead atoms. The van der Waals surface area contributed by atoms with Crippen LogP contribution in [0.3, 0.4) is 0 Å². The second-order valence-corrected chi connectivity index (χ2v) is 8.02. The number of alkyl halides is 1. The van der Waals surface area contributed by atoms with Gasteiger partial charge in [-0.25, -0.2) is 9.18 Å². The smallest absolute Gasteiger partial charge is 0.317 e. The lowest BCUT2D eigenvalue weighted by molar-refractivity contribution is 0.0247. The largest absolute Gasteiger partial charge is 0.336 e. The Morgan fingerprint density at radius 3 is 3.00 bits per heavy atom. The molecule has 2 saturated heterocycles. The average Bonchev–Trinajstić information content (AvgIpc) is 3.13. The van der Waals surface area contributed by atoms with Crippen LogP contribution in [0.25, 0.3) is 0 Å². The van der Waals surface area contributed by atoms with E-state index in [0.717, 1.165) is 26.1 Å². The molecule has 4 nitrogen and oxygen atoms in total. The summed E-state index contributed by atoms with van der Waals surface area (Å²) in [6, 6.07) is 2.19. The van der Waals surface area contributed by atoms with E-state index in [1.807, 2.05) is 18.7 Å². The van der Waals surface area contributed by atoms with Gasteiger partial charge in [0.25, 0.3) is 0 Å². The predicted molar refractivity (Wildman–Crippen MR) is 91.4 cm³/mol. The molecule has 128 valence electrons. The molecular weight excluding hydrogens is 313 g/mol. The Morgan fingerprint density at radius 1 is 1.48 bits per heavy atom. The number of urea groups is 1. The van der Waals surface area contributed by atoms with Gasteiger partial charge in [0, 0.05) is 37.6 Å². The number of hydrogen-bond acceptors (Lipinski definition) is 3. The number of rotatable bonds is 3. The summed E-state index contributed by atoms with van der Waals surface area (Å²) < 4.78 is 14.7. The Bertz CT molecular complexity index is 536. The van der Waals surface area contributed by atoms with E-state index in [1.165, 1.54) is 5.56 Å². The normalized spacial score (nSPS) is 28.7. The van der Waals surface area contributed by atoms with E-state index in [-0.39, 0.29) is 17.5 Å². The zero-order chi connectivity index (χ0) is 16.4. The molecule has 2 aliphatic heterocycles. The van der Waals surface area contributed by atoms with Crippen LogP contribution in [-0.4, -0.2) is 54.2 Å². The highest BCUT2D eigenvalue weighted by molar-refractivity contribution is 7.07. The van der Waals surface area contributed by atoms with Gasteiger partial charge in [-0.15, -0.1) is 0 Å². The highest BCUT2D eigenvalue weighted by atomic mass is 32.1. The molecule has 0 saturated carbocycles. The minimum absolute atomic E-state index is 0.0532. The molecule has 1 aromatic heterocycles. The van der Waals surface area contributed by atoms with Crippen molar-refractivity contribution in [2.24, 2.45) is 5.41 Å². The summed E-state index contributed by atoms with van der Waals surface area (Å²) in [5.74, 6) is 0. The number of amides is 2. The molecule has 0 aliphatic carbocycles. The first-order valence-corrected chi connectivity index (χ1v) is 9.36. The fourth-order valence-electron chi connectivity index (χ4n) is 3.79. The van der Waals surface area contributed by atoms with Crippen molar-refractivity contribution in [1.82, 2.24) is 15.1 Å². The summed E-state index contributed by atoms with van der Waals surface area (Å²) in [7, 11) is 0. The summed E-state index contributed by atoms with van der Waals surface area (Å²) in [5.41, 5.74) is 0.912. The number of nitrogens with one attached hydrogen (secondary N) is 1. The van der Waals surface area contributed by atoms with Crippen molar-refractivity contribution in [2.75, 3.05) is 26.2 Å². The minimum atomic E-state index is -0.807. The van der Waals surface area contributed by atoms with Crippen LogP contribution in [0.5, 0.6) is 0 Å². The molecule has 2 atom stereocenters. The molecule has 23 heavy (non-hydrogen) atoms. The van der Waals surface area contributed by atoms with Crippen molar-refractivity contribution in [3.05, 3.63) is 22.4 Å². The number of carbonyl (C=O) groups excluding carboxylic acids is 1. The molecule has 2 fully saturated rings. The Hall–Kier alpha value is -1.14. The molecule has 6 heteroatoms. The second kappa shape index (κ2) is 6.77. The van der Waals surface area contributed by atoms with E-state index in [2.05, 4.69) is 27.0 Å². The molecule has 1 N–H and O–H groups in total. The summed E-state index contributed by atoms with van der Waals surface area (Å²) in [6.07, 6.45) is 0.486. The number of piperidine rings is 1. The number of halogens is 1. The van der Waals surface area contributed by atoms with E-state index in [4.69, 9.17) is 0 Å². The number of carbonyl (C=O) groups is 1. The van der Waals surface area contributed by atoms with E-state index in [1.54, 1.807) is 11.3 Å². The fourth-order valence-corrected chi connectivity index (χ4v) is 4.45. The van der Waals surface area contributed by atoms with Crippen LogP contribution in [0.2, 0.25) is 0 Å². The van der Waals surface area contributed by atoms with Crippen LogP contribution in [0.15, 0.2) is 16.8 Å². The summed E-state index contributed by atoms with van der Waals surface area (Å²) in [6.45, 7) is 7.50. The van der Waals surface area contributed by atoms with Crippen LogP contribution in [0.1, 0.15) is 32.3 Å². The van der Waals surface area contributed by atoms with E-state index >= 15 is 0 Å². The maximum atomic E-state index is 14.7. The van der Waals surface area contributed by atoms with Crippen molar-refractivity contribution in [1.29, 1.82) is 0 Å². The van der Waals surface area contributed by atoms with Gasteiger partial charge in [-0.2, -0.15) is 11.3 Å². The molecule has 2 aliphatic rings. The van der Waals surface area contributed by atoms with Gasteiger partial charge in [-0.05, 0) is 55.6 Å². The summed E-state index contributed by atoms with van der Waals surface area (Å²) in [5, 5.41) is 7.17. The number of nitrogens with zero attached hydrogens (tertiary/aromatic N) is 2. The van der Waals surface area contributed by atoms with Crippen molar-refractivity contribution in [3.8, 4) is 0 Å². The molecule has 0 aromatic carbocycles. The Labute approximate surface area is 141 Å². The van der Waals surface area contributed by atoms with Crippen LogP contribution in [0.4, 0.5) is 9.18 Å². The topological polar surface area (TPSA) is 35.6 Å². The third kappa shape index (κ3) is 3.69. The van der Waals surface area contributed by atoms with Crippen LogP contribution < -0.4 is 5.32 Å². The van der Waals surface area contributed by atoms with Crippen molar-refractivity contribution in [3.63, 3.8) is 0 Å². The van der Waals surface area contributed by atoms with Crippen LogP contribution in [-0.2, 0) is 6.54 Å². The van der Waals surface area contributed by atoms with Crippen molar-refractivity contribution in [2.45, 2.75) is 45.4 Å². The standard InChI is InChI=1S/C17H26FN3OS/c1-13(2)19-16(22)21-6-3-15(18)17(12-21)5-7-20(11-17)9-14-4-8-23-10-14/h4,8,10,13,15H,3,5-7,9,11-12H2,1-2H3,(H,19,22)/t15-,17-/m1/s1. The Kier molecular flexibility index (Phi) is 4.92. The van der Waals surface area contributed by atoms with Gasteiger partial charge in [-0.1, -0.05) is 0 Å². The predicted octanol–water partition coefficient (Wildman–Crippen LogP) is 3.10. The number of hydrogen-bond donors (Lipinski definition) is 1. The van der Waals surface area contributed by atoms with E-state index in [0.29, 0.717) is 19.5 Å². The Morgan fingerprint density at radius 2 is 2.30 bits per heavy atom. The van der Waals surface area contributed by atoms with Gasteiger partial charge < -0.3 is 10.2 Å². The Balaban J connectivity index is 1.64. The summed E-state index contributed by atoms with van der Waals surface area (Å²) in [4.78, 5) is 16.4. The maximum absolute atomic E-state index is 14.7. The highest BCUT2D eigenvalue weighted by Crippen LogP contribution is 2.41. The quantitative estimate of drug-likeness (QED) is 0.918. The van der Waals surface area contributed by atoms with E-state index < -0.39 is 6.17 Å². The van der Waals surface area contributed by atoms with Gasteiger partial charge in [0.1, 0.15) is 6.17 Å². The van der Waals surface area contributed by atoms with Gasteiger partial charge >= 0.3 is 6.03 Å². The van der Waals surface area contributed by atoms with E-state index in [9.17, 15) is 9.18 Å². The fraction of sp³-hybridized carbons (Fsp3) is 0.706. The minimum Gasteiger partial charge on any atom is -0.336 e. The first-order chi connectivity index (χ1) is 11.0. The molecule has 1 spiro atoms. The molecule has 1 aromatic rings.